The lowest BCUT2D eigenvalue weighted by molar-refractivity contribution is -0.143. The molecule has 108 heavy (non-hydrogen) atoms. The van der Waals surface area contributed by atoms with Crippen LogP contribution in [0.4, 0.5) is 0 Å². The van der Waals surface area contributed by atoms with E-state index in [-0.39, 0.29) is 177 Å². The summed E-state index contributed by atoms with van der Waals surface area (Å²) in [5.74, 6) is -10.8. The highest BCUT2D eigenvalue weighted by Crippen LogP contribution is 2.25. The molecule has 30 nitrogen and oxygen atoms in total. The Labute approximate surface area is 673 Å². The second kappa shape index (κ2) is 52.7. The first-order valence-corrected chi connectivity index (χ1v) is 36.5. The van der Waals surface area contributed by atoms with Crippen LogP contribution in [0, 0.1) is 23.7 Å². The van der Waals surface area contributed by atoms with Gasteiger partial charge in [-0.05, 0) is 138 Å². The van der Waals surface area contributed by atoms with Crippen molar-refractivity contribution in [2.24, 2.45) is 58.1 Å². The Kier molecular flexibility index (Phi) is 50.6. The number of fused-ring (bicyclic) bond motifs is 2. The van der Waals surface area contributed by atoms with Gasteiger partial charge in [-0.3, -0.25) is 57.5 Å². The largest absolute Gasteiger partial charge is 0.350 e. The minimum atomic E-state index is -1.43. The second-order valence-corrected chi connectivity index (χ2v) is 29.0. The van der Waals surface area contributed by atoms with E-state index in [1.165, 1.54) is 9.80 Å². The summed E-state index contributed by atoms with van der Waals surface area (Å²) in [6.45, 7) is 14.4. The Morgan fingerprint density at radius 2 is 0.694 bits per heavy atom. The van der Waals surface area contributed by atoms with E-state index in [0.717, 1.165) is 0 Å². The maximum Gasteiger partial charge on any atom is 0.246 e. The van der Waals surface area contributed by atoms with Gasteiger partial charge in [0.2, 0.25) is 70.9 Å². The molecular formula is C72H124Cl6N18O12. The third-order valence-corrected chi connectivity index (χ3v) is 18.7. The zero-order valence-corrected chi connectivity index (χ0v) is 68.3. The van der Waals surface area contributed by atoms with Gasteiger partial charge in [0.25, 0.3) is 0 Å². The molecule has 0 radical (unpaired) electrons. The van der Waals surface area contributed by atoms with Crippen LogP contribution < -0.4 is 87.6 Å². The van der Waals surface area contributed by atoms with Crippen molar-refractivity contribution in [1.82, 2.24) is 63.0 Å². The number of unbranched alkanes of at least 4 members (excludes halogenated alkanes) is 2. The molecule has 2 aromatic rings. The van der Waals surface area contributed by atoms with E-state index in [1.807, 2.05) is 27.7 Å². The smallest absolute Gasteiger partial charge is 0.246 e. The third-order valence-electron chi connectivity index (χ3n) is 18.7. The highest BCUT2D eigenvalue weighted by molar-refractivity contribution is 6.00. The van der Waals surface area contributed by atoms with E-state index < -0.39 is 167 Å². The predicted octanol–water partition coefficient (Wildman–Crippen LogP) is 0.861. The molecule has 0 saturated carbocycles. The van der Waals surface area contributed by atoms with E-state index >= 15 is 28.8 Å². The van der Waals surface area contributed by atoms with Crippen molar-refractivity contribution in [1.29, 1.82) is 0 Å². The monoisotopic (exact) mass is 1640 g/mol. The van der Waals surface area contributed by atoms with E-state index in [1.54, 1.807) is 88.4 Å². The molecule has 3 heterocycles. The molecule has 3 saturated heterocycles. The Morgan fingerprint density at radius 3 is 0.991 bits per heavy atom. The highest BCUT2D eigenvalue weighted by Gasteiger charge is 2.47. The normalized spacial score (nSPS) is 24.2. The summed E-state index contributed by atoms with van der Waals surface area (Å²) in [4.78, 5) is 181. The minimum absolute atomic E-state index is 0. The van der Waals surface area contributed by atoms with Crippen LogP contribution in [-0.4, -0.2) is 205 Å². The fourth-order valence-electron chi connectivity index (χ4n) is 13.0. The van der Waals surface area contributed by atoms with Crippen molar-refractivity contribution in [3.8, 4) is 0 Å². The van der Waals surface area contributed by atoms with Crippen LogP contribution in [0.25, 0.3) is 0 Å². The topological polar surface area (TPSA) is 488 Å². The standard InChI is InChI=1S/C72H118N18O12.6ClH/c1-41(2)33-53-65(95)85-55(35-45-21-11-9-12-22-45)71(101)89-39-47(79-61(91)49(77)25-15-17-29-73)37-57(89)67(97)88-60(44(7)8)70(100)82-52(28-20-32-76)64(94)84-54(34-42(3)4)66(96)86-56(36-46-23-13-10-14-24-46)72(102)90-40-48(80-62(92)50(78)26-16-18-30-74)38-58(90)68(98)87-59(43(5)6)69(99)81-51(27-19-31-75)63(93)83-53;;;;;;/h9-14,21-24,41-44,47-60H,15-20,25-40,73-78H2,1-8H3,(H,79,91)(H,80,92)(H,81,99)(H,82,100)(H,83,93)(H,84,94)(H,85,95)(H,86,96)(H,87,98)(H,88,97);6*1H/t47-,48-,49+,50+,51+,52+,53+,54+,55-,56-,57+,58+,59+,60+;;;;;;/m1....../s1. The van der Waals surface area contributed by atoms with Crippen LogP contribution in [0.3, 0.4) is 0 Å². The molecule has 3 aliphatic heterocycles. The first-order chi connectivity index (χ1) is 48.5. The van der Waals surface area contributed by atoms with Gasteiger partial charge in [0.1, 0.15) is 60.4 Å². The zero-order chi connectivity index (χ0) is 75.3. The Balaban J connectivity index is 0. The summed E-state index contributed by atoms with van der Waals surface area (Å²) in [5, 5.41) is 28.5. The number of nitrogens with one attached hydrogen (secondary N) is 10. The van der Waals surface area contributed by atoms with Crippen LogP contribution >= 0.6 is 74.4 Å². The van der Waals surface area contributed by atoms with Crippen molar-refractivity contribution >= 4 is 145 Å². The summed E-state index contributed by atoms with van der Waals surface area (Å²) >= 11 is 0. The second-order valence-electron chi connectivity index (χ2n) is 29.0. The molecule has 616 valence electrons. The van der Waals surface area contributed by atoms with Gasteiger partial charge >= 0.3 is 0 Å². The maximum atomic E-state index is 15.6. The van der Waals surface area contributed by atoms with Gasteiger partial charge in [-0.1, -0.05) is 129 Å². The molecule has 0 spiro atoms. The van der Waals surface area contributed by atoms with E-state index in [4.69, 9.17) is 34.4 Å². The summed E-state index contributed by atoms with van der Waals surface area (Å²) < 4.78 is 0. The van der Waals surface area contributed by atoms with E-state index in [2.05, 4.69) is 53.2 Å². The lowest BCUT2D eigenvalue weighted by Gasteiger charge is -2.33. The molecule has 0 unspecified atom stereocenters. The Morgan fingerprint density at radius 1 is 0.398 bits per heavy atom. The van der Waals surface area contributed by atoms with Gasteiger partial charge in [-0.2, -0.15) is 0 Å². The van der Waals surface area contributed by atoms with Crippen molar-refractivity contribution in [2.45, 2.75) is 243 Å². The number of nitrogens with zero attached hydrogens (tertiary/aromatic N) is 2. The molecule has 2 aromatic carbocycles. The summed E-state index contributed by atoms with van der Waals surface area (Å²) in [6.07, 6.45) is 2.80. The third kappa shape index (κ3) is 32.9. The lowest BCUT2D eigenvalue weighted by Crippen LogP contribution is -2.62. The van der Waals surface area contributed by atoms with Crippen LogP contribution in [-0.2, 0) is 70.4 Å². The molecule has 5 rings (SSSR count). The zero-order valence-electron chi connectivity index (χ0n) is 63.4. The minimum Gasteiger partial charge on any atom is -0.350 e. The molecule has 0 aromatic heterocycles. The summed E-state index contributed by atoms with van der Waals surface area (Å²) in [6, 6.07) is 0.0558. The first kappa shape index (κ1) is 104. The number of rotatable bonds is 28. The fourth-order valence-corrected chi connectivity index (χ4v) is 13.0. The van der Waals surface area contributed by atoms with Crippen LogP contribution in [0.1, 0.15) is 156 Å². The van der Waals surface area contributed by atoms with Crippen LogP contribution in [0.5, 0.6) is 0 Å². The Bertz CT molecular complexity index is 2920. The first-order valence-electron chi connectivity index (χ1n) is 36.5. The van der Waals surface area contributed by atoms with Crippen molar-refractivity contribution in [3.05, 3.63) is 71.8 Å². The number of benzene rings is 2. The van der Waals surface area contributed by atoms with Gasteiger partial charge < -0.3 is 97.4 Å². The van der Waals surface area contributed by atoms with Gasteiger partial charge in [0.15, 0.2) is 0 Å². The van der Waals surface area contributed by atoms with Crippen molar-refractivity contribution < 1.29 is 57.5 Å². The van der Waals surface area contributed by atoms with E-state index in [0.29, 0.717) is 62.7 Å². The molecule has 36 heteroatoms. The van der Waals surface area contributed by atoms with Crippen molar-refractivity contribution in [2.75, 3.05) is 39.3 Å². The summed E-state index contributed by atoms with van der Waals surface area (Å²) in [7, 11) is 0. The number of hydrogen-bond acceptors (Lipinski definition) is 18. The maximum absolute atomic E-state index is 15.6. The quantitative estimate of drug-likeness (QED) is 0.0525. The van der Waals surface area contributed by atoms with Crippen LogP contribution in [0.15, 0.2) is 60.7 Å². The lowest BCUT2D eigenvalue weighted by atomic mass is 9.98. The van der Waals surface area contributed by atoms with Gasteiger partial charge in [-0.15, -0.1) is 74.4 Å². The number of nitrogens with two attached hydrogens (primary N) is 6. The number of hydrogen-bond donors (Lipinski definition) is 16. The number of carbonyl (C=O) groups is 12. The van der Waals surface area contributed by atoms with Gasteiger partial charge in [0, 0.05) is 38.0 Å². The SMILES string of the molecule is CC(C)C[C@@H]1NC(=O)[C@H](CCCN)NC(=O)[C@H](C(C)C)NC(=O)[C@@H]2C[C@@H](NC(=O)[C@@H](N)CCCCN)CN2C(=O)[C@@H](Cc2ccccc2)NC(=O)[C@H](CC(C)C)NC(=O)[C@H](CCCN)NC(=O)[C@H](C(C)C)NC(=O)[C@@H]2C[C@@H](NC(=O)[C@@H](N)CCCCN)CN2C(=O)[C@@H](Cc2ccccc2)NC1=O.Cl.Cl.Cl.Cl.Cl.Cl. The van der Waals surface area contributed by atoms with Crippen LogP contribution in [0.2, 0.25) is 0 Å². The Hall–Kier alpha value is -6.42. The highest BCUT2D eigenvalue weighted by atomic mass is 35.5. The average molecular weight is 1650 g/mol. The number of carbonyl (C=O) groups excluding carboxylic acids is 12. The molecule has 22 N–H and O–H groups in total. The molecule has 12 amide bonds. The summed E-state index contributed by atoms with van der Waals surface area (Å²) in [5.41, 5.74) is 37.4. The van der Waals surface area contributed by atoms with Gasteiger partial charge in [0.05, 0.1) is 12.1 Å². The predicted molar refractivity (Wildman–Crippen MR) is 430 cm³/mol. The van der Waals surface area contributed by atoms with Gasteiger partial charge in [-0.25, -0.2) is 0 Å². The van der Waals surface area contributed by atoms with E-state index in [9.17, 15) is 28.8 Å². The molecule has 0 bridgehead atoms. The molecule has 0 aliphatic carbocycles. The average Bonchev–Trinajstić information content (AvgIpc) is 1.59. The van der Waals surface area contributed by atoms with Crippen molar-refractivity contribution in [3.63, 3.8) is 0 Å². The number of amides is 12. The number of halogens is 6. The molecule has 14 atom stereocenters. The molecule has 3 fully saturated rings. The molecule has 3 aliphatic rings. The fraction of sp³-hybridized carbons (Fsp3) is 0.667. The molecular weight excluding hydrogens is 1520 g/mol.